The fourth-order valence-electron chi connectivity index (χ4n) is 2.00. The summed E-state index contributed by atoms with van der Waals surface area (Å²) >= 11 is 0. The Bertz CT molecular complexity index is 329. The fraction of sp³-hybridized carbons (Fsp3) is 0.583. The molecule has 4 nitrogen and oxygen atoms in total. The molecule has 0 bridgehead atoms. The summed E-state index contributed by atoms with van der Waals surface area (Å²) in [4.78, 5) is 11.9. The summed E-state index contributed by atoms with van der Waals surface area (Å²) < 4.78 is 5.25. The molecule has 1 fully saturated rings. The van der Waals surface area contributed by atoms with Gasteiger partial charge in [-0.1, -0.05) is 6.42 Å². The molecular formula is C12H18N2O2. The molecule has 2 rings (SSSR count). The van der Waals surface area contributed by atoms with Crippen molar-refractivity contribution < 1.29 is 9.21 Å². The Kier molecular flexibility index (Phi) is 3.62. The predicted octanol–water partition coefficient (Wildman–Crippen LogP) is 1.60. The maximum atomic E-state index is 11.9. The molecule has 1 aromatic rings. The Labute approximate surface area is 95.4 Å². The van der Waals surface area contributed by atoms with E-state index in [1.807, 2.05) is 19.1 Å². The minimum Gasteiger partial charge on any atom is -0.467 e. The monoisotopic (exact) mass is 222 g/mol. The van der Waals surface area contributed by atoms with E-state index in [1.165, 1.54) is 0 Å². The summed E-state index contributed by atoms with van der Waals surface area (Å²) in [6, 6.07) is 3.60. The van der Waals surface area contributed by atoms with Crippen LogP contribution in [-0.4, -0.2) is 18.5 Å². The highest BCUT2D eigenvalue weighted by molar-refractivity contribution is 5.82. The average Bonchev–Trinajstić information content (AvgIpc) is 2.83. The first-order valence-corrected chi connectivity index (χ1v) is 5.84. The minimum atomic E-state index is -0.0637. The van der Waals surface area contributed by atoms with Gasteiger partial charge in [0.15, 0.2) is 0 Å². The van der Waals surface area contributed by atoms with Gasteiger partial charge in [-0.25, -0.2) is 0 Å². The zero-order valence-corrected chi connectivity index (χ0v) is 9.53. The quantitative estimate of drug-likeness (QED) is 0.816. The van der Waals surface area contributed by atoms with Gasteiger partial charge < -0.3 is 15.1 Å². The van der Waals surface area contributed by atoms with Crippen LogP contribution in [0.15, 0.2) is 22.8 Å². The molecule has 1 amide bonds. The van der Waals surface area contributed by atoms with Gasteiger partial charge in [-0.3, -0.25) is 4.79 Å². The van der Waals surface area contributed by atoms with Gasteiger partial charge in [-0.05, 0) is 38.4 Å². The van der Waals surface area contributed by atoms with Gasteiger partial charge in [-0.2, -0.15) is 0 Å². The lowest BCUT2D eigenvalue weighted by Crippen LogP contribution is -2.47. The fourth-order valence-corrected chi connectivity index (χ4v) is 2.00. The molecular weight excluding hydrogens is 204 g/mol. The predicted molar refractivity (Wildman–Crippen MR) is 60.9 cm³/mol. The van der Waals surface area contributed by atoms with E-state index in [0.29, 0.717) is 0 Å². The van der Waals surface area contributed by atoms with Crippen LogP contribution in [0.1, 0.15) is 38.0 Å². The SMILES string of the molecule is CC(NC(=O)[C@@H]1CCCCN1)c1ccco1. The van der Waals surface area contributed by atoms with Crippen molar-refractivity contribution >= 4 is 5.91 Å². The molecule has 0 saturated carbocycles. The van der Waals surface area contributed by atoms with Gasteiger partial charge >= 0.3 is 0 Å². The zero-order valence-electron chi connectivity index (χ0n) is 9.53. The molecule has 0 aliphatic carbocycles. The summed E-state index contributed by atoms with van der Waals surface area (Å²) in [5.74, 6) is 0.868. The molecule has 2 atom stereocenters. The maximum Gasteiger partial charge on any atom is 0.237 e. The third kappa shape index (κ3) is 2.64. The summed E-state index contributed by atoms with van der Waals surface area (Å²) in [6.45, 7) is 2.87. The molecule has 1 aliphatic heterocycles. The molecule has 16 heavy (non-hydrogen) atoms. The topological polar surface area (TPSA) is 54.3 Å². The number of hydrogen-bond acceptors (Lipinski definition) is 3. The number of amides is 1. The smallest absolute Gasteiger partial charge is 0.237 e. The van der Waals surface area contributed by atoms with Crippen molar-refractivity contribution in [1.82, 2.24) is 10.6 Å². The lowest BCUT2D eigenvalue weighted by Gasteiger charge is -2.24. The molecule has 2 N–H and O–H groups in total. The number of piperidine rings is 1. The third-order valence-electron chi connectivity index (χ3n) is 2.96. The number of carbonyl (C=O) groups is 1. The number of carbonyl (C=O) groups excluding carboxylic acids is 1. The first-order chi connectivity index (χ1) is 7.77. The second-order valence-corrected chi connectivity index (χ2v) is 4.25. The van der Waals surface area contributed by atoms with Crippen LogP contribution in [0.3, 0.4) is 0 Å². The van der Waals surface area contributed by atoms with Crippen molar-refractivity contribution in [3.05, 3.63) is 24.2 Å². The normalized spacial score (nSPS) is 22.7. The van der Waals surface area contributed by atoms with E-state index in [4.69, 9.17) is 4.42 Å². The number of hydrogen-bond donors (Lipinski definition) is 2. The van der Waals surface area contributed by atoms with E-state index >= 15 is 0 Å². The van der Waals surface area contributed by atoms with E-state index in [0.717, 1.165) is 31.6 Å². The molecule has 1 saturated heterocycles. The number of rotatable bonds is 3. The molecule has 0 spiro atoms. The van der Waals surface area contributed by atoms with Crippen molar-refractivity contribution in [2.75, 3.05) is 6.54 Å². The van der Waals surface area contributed by atoms with Gasteiger partial charge in [0.05, 0.1) is 18.3 Å². The minimum absolute atomic E-state index is 0.0360. The average molecular weight is 222 g/mol. The van der Waals surface area contributed by atoms with Gasteiger partial charge in [0, 0.05) is 0 Å². The highest BCUT2D eigenvalue weighted by Gasteiger charge is 2.22. The van der Waals surface area contributed by atoms with Crippen LogP contribution in [0.4, 0.5) is 0 Å². The van der Waals surface area contributed by atoms with Crippen LogP contribution in [0.2, 0.25) is 0 Å². The molecule has 1 aliphatic rings. The second-order valence-electron chi connectivity index (χ2n) is 4.25. The molecule has 0 radical (unpaired) electrons. The standard InChI is InChI=1S/C12H18N2O2/c1-9(11-6-4-8-16-11)14-12(15)10-5-2-3-7-13-10/h4,6,8-10,13H,2-3,5,7H2,1H3,(H,14,15)/t9?,10-/m0/s1. The Morgan fingerprint density at radius 2 is 2.50 bits per heavy atom. The van der Waals surface area contributed by atoms with Crippen LogP contribution in [0.5, 0.6) is 0 Å². The Hall–Kier alpha value is -1.29. The highest BCUT2D eigenvalue weighted by atomic mass is 16.3. The van der Waals surface area contributed by atoms with E-state index in [9.17, 15) is 4.79 Å². The first kappa shape index (κ1) is 11.2. The maximum absolute atomic E-state index is 11.9. The van der Waals surface area contributed by atoms with Crippen molar-refractivity contribution in [3.63, 3.8) is 0 Å². The molecule has 88 valence electrons. The van der Waals surface area contributed by atoms with Gasteiger partial charge in [0.2, 0.25) is 5.91 Å². The van der Waals surface area contributed by atoms with Crippen LogP contribution >= 0.6 is 0 Å². The van der Waals surface area contributed by atoms with Gasteiger partial charge in [-0.15, -0.1) is 0 Å². The molecule has 1 unspecified atom stereocenters. The zero-order chi connectivity index (χ0) is 11.4. The van der Waals surface area contributed by atoms with Crippen molar-refractivity contribution in [3.8, 4) is 0 Å². The van der Waals surface area contributed by atoms with Crippen LogP contribution < -0.4 is 10.6 Å². The first-order valence-electron chi connectivity index (χ1n) is 5.84. The van der Waals surface area contributed by atoms with Gasteiger partial charge in [0.1, 0.15) is 5.76 Å². The Morgan fingerprint density at radius 3 is 3.12 bits per heavy atom. The third-order valence-corrected chi connectivity index (χ3v) is 2.96. The Balaban J connectivity index is 1.86. The lowest BCUT2D eigenvalue weighted by atomic mass is 10.0. The summed E-state index contributed by atoms with van der Waals surface area (Å²) in [5, 5.41) is 6.18. The largest absolute Gasteiger partial charge is 0.467 e. The van der Waals surface area contributed by atoms with Crippen molar-refractivity contribution in [2.45, 2.75) is 38.3 Å². The molecule has 4 heteroatoms. The van der Waals surface area contributed by atoms with E-state index in [2.05, 4.69) is 10.6 Å². The van der Waals surface area contributed by atoms with Crippen LogP contribution in [0, 0.1) is 0 Å². The van der Waals surface area contributed by atoms with Crippen molar-refractivity contribution in [1.29, 1.82) is 0 Å². The van der Waals surface area contributed by atoms with Gasteiger partial charge in [0.25, 0.3) is 0 Å². The number of furan rings is 1. The van der Waals surface area contributed by atoms with Crippen LogP contribution in [0.25, 0.3) is 0 Å². The molecule has 2 heterocycles. The van der Waals surface area contributed by atoms with E-state index < -0.39 is 0 Å². The summed E-state index contributed by atoms with van der Waals surface area (Å²) in [5.41, 5.74) is 0. The highest BCUT2D eigenvalue weighted by Crippen LogP contribution is 2.13. The van der Waals surface area contributed by atoms with E-state index in [-0.39, 0.29) is 18.0 Å². The van der Waals surface area contributed by atoms with Crippen LogP contribution in [-0.2, 0) is 4.79 Å². The van der Waals surface area contributed by atoms with E-state index in [1.54, 1.807) is 6.26 Å². The summed E-state index contributed by atoms with van der Waals surface area (Å²) in [6.07, 6.45) is 4.84. The van der Waals surface area contributed by atoms with Crippen molar-refractivity contribution in [2.24, 2.45) is 0 Å². The number of nitrogens with one attached hydrogen (secondary N) is 2. The Morgan fingerprint density at radius 1 is 1.62 bits per heavy atom. The second kappa shape index (κ2) is 5.16. The summed E-state index contributed by atoms with van der Waals surface area (Å²) in [7, 11) is 0. The molecule has 1 aromatic heterocycles. The lowest BCUT2D eigenvalue weighted by molar-refractivity contribution is -0.124. The molecule has 0 aromatic carbocycles.